The minimum atomic E-state index is -2.26. The van der Waals surface area contributed by atoms with Crippen LogP contribution in [0.3, 0.4) is 0 Å². The number of amides is 1. The largest absolute Gasteiger partial charge is 0.443 e. The smallest absolute Gasteiger partial charge is 0.416 e. The molecule has 0 aromatic carbocycles. The number of amidine groups is 1. The highest BCUT2D eigenvalue weighted by molar-refractivity contribution is 8.14. The summed E-state index contributed by atoms with van der Waals surface area (Å²) >= 11 is 1.40. The van der Waals surface area contributed by atoms with Crippen LogP contribution < -0.4 is 0 Å². The van der Waals surface area contributed by atoms with Crippen LogP contribution in [0.2, 0.25) is 36.3 Å². The van der Waals surface area contributed by atoms with Crippen LogP contribution in [-0.4, -0.2) is 86.4 Å². The molecule has 2 aliphatic heterocycles. The second-order valence-corrected chi connectivity index (χ2v) is 24.8. The molecule has 2 heterocycles. The summed E-state index contributed by atoms with van der Waals surface area (Å²) in [6.07, 6.45) is -2.46. The van der Waals surface area contributed by atoms with Crippen LogP contribution in [0.15, 0.2) is 4.99 Å². The number of aliphatic imine (C=N–C) groups is 1. The molecular weight excluding hydrogens is 525 g/mol. The lowest BCUT2D eigenvalue weighted by atomic mass is 9.99. The highest BCUT2D eigenvalue weighted by atomic mass is 32.2. The summed E-state index contributed by atoms with van der Waals surface area (Å²) < 4.78 is 25.3. The number of fused-ring (bicyclic) bond motifs is 1. The molecule has 2 aliphatic rings. The minimum Gasteiger partial charge on any atom is -0.443 e. The molecule has 0 aromatic heterocycles. The van der Waals surface area contributed by atoms with Gasteiger partial charge in [-0.25, -0.2) is 4.79 Å². The van der Waals surface area contributed by atoms with Crippen molar-refractivity contribution in [2.45, 2.75) is 141 Å². The number of rotatable bonds is 6. The van der Waals surface area contributed by atoms with Gasteiger partial charge in [-0.15, -0.1) is 0 Å². The third-order valence-corrected chi connectivity index (χ3v) is 18.1. The van der Waals surface area contributed by atoms with Gasteiger partial charge in [0.15, 0.2) is 21.8 Å². The predicted molar refractivity (Wildman–Crippen MR) is 157 cm³/mol. The van der Waals surface area contributed by atoms with Gasteiger partial charge in [-0.3, -0.25) is 9.89 Å². The summed E-state index contributed by atoms with van der Waals surface area (Å²) in [4.78, 5) is 19.4. The standard InChI is InChI=1S/C26H52N2O6SSi2/c1-15-28(23(30)33-24(2,3)4)22-27-18-20(34-37(13,14)26(8,9)10)19(29)17(32-21(18)35-22)16-31-36(11,12)25(5,6)7/h17-21,29H,15-16H2,1-14H3/t17-,18-,19-,20-,21-/m1/s1. The van der Waals surface area contributed by atoms with E-state index >= 15 is 0 Å². The fraction of sp³-hybridized carbons (Fsp3) is 0.923. The molecule has 216 valence electrons. The lowest BCUT2D eigenvalue weighted by Gasteiger charge is -2.47. The van der Waals surface area contributed by atoms with Gasteiger partial charge in [-0.1, -0.05) is 53.3 Å². The molecule has 0 bridgehead atoms. The van der Waals surface area contributed by atoms with Crippen molar-refractivity contribution in [3.05, 3.63) is 0 Å². The fourth-order valence-electron chi connectivity index (χ4n) is 3.49. The Bertz CT molecular complexity index is 847. The third-order valence-electron chi connectivity index (χ3n) is 7.94. The number of carbonyl (C=O) groups is 1. The van der Waals surface area contributed by atoms with E-state index in [-0.39, 0.29) is 16.7 Å². The van der Waals surface area contributed by atoms with E-state index in [2.05, 4.69) is 67.7 Å². The van der Waals surface area contributed by atoms with Gasteiger partial charge in [0, 0.05) is 6.54 Å². The number of ether oxygens (including phenoxy) is 2. The van der Waals surface area contributed by atoms with E-state index in [4.69, 9.17) is 23.3 Å². The number of aliphatic hydroxyl groups excluding tert-OH is 1. The number of hydrogen-bond donors (Lipinski definition) is 1. The minimum absolute atomic E-state index is 0.0413. The molecule has 0 saturated carbocycles. The van der Waals surface area contributed by atoms with Gasteiger partial charge < -0.3 is 23.4 Å². The van der Waals surface area contributed by atoms with Crippen molar-refractivity contribution in [2.75, 3.05) is 13.2 Å². The maximum atomic E-state index is 12.9. The number of carbonyl (C=O) groups excluding carboxylic acids is 1. The van der Waals surface area contributed by atoms with Crippen LogP contribution >= 0.6 is 11.8 Å². The van der Waals surface area contributed by atoms with Gasteiger partial charge in [-0.05, 0) is 64.0 Å². The van der Waals surface area contributed by atoms with Gasteiger partial charge >= 0.3 is 6.09 Å². The molecule has 5 atom stereocenters. The van der Waals surface area contributed by atoms with Gasteiger partial charge in [0.25, 0.3) is 0 Å². The topological polar surface area (TPSA) is 89.8 Å². The molecule has 1 amide bonds. The number of thioether (sulfide) groups is 1. The predicted octanol–water partition coefficient (Wildman–Crippen LogP) is 6.21. The van der Waals surface area contributed by atoms with Crippen molar-refractivity contribution in [2.24, 2.45) is 4.99 Å². The Morgan fingerprint density at radius 3 is 2.03 bits per heavy atom. The molecule has 1 N–H and O–H groups in total. The Morgan fingerprint density at radius 1 is 1.03 bits per heavy atom. The monoisotopic (exact) mass is 576 g/mol. The highest BCUT2D eigenvalue weighted by Crippen LogP contribution is 2.44. The first-order valence-corrected chi connectivity index (χ1v) is 20.1. The Labute approximate surface area is 231 Å². The Balaban J connectivity index is 2.37. The second-order valence-electron chi connectivity index (χ2n) is 14.2. The van der Waals surface area contributed by atoms with E-state index in [1.807, 2.05) is 27.7 Å². The zero-order valence-corrected chi connectivity index (χ0v) is 28.4. The highest BCUT2D eigenvalue weighted by Gasteiger charge is 2.54. The second kappa shape index (κ2) is 11.2. The van der Waals surface area contributed by atoms with Gasteiger partial charge in [0.05, 0.1) is 12.7 Å². The Hall–Kier alpha value is -0.436. The van der Waals surface area contributed by atoms with Crippen molar-refractivity contribution in [3.8, 4) is 0 Å². The normalized spacial score (nSPS) is 27.5. The van der Waals surface area contributed by atoms with Crippen LogP contribution in [-0.2, 0) is 18.3 Å². The molecule has 37 heavy (non-hydrogen) atoms. The average Bonchev–Trinajstić information content (AvgIpc) is 3.09. The van der Waals surface area contributed by atoms with E-state index < -0.39 is 58.1 Å². The van der Waals surface area contributed by atoms with Crippen LogP contribution in [0.4, 0.5) is 4.79 Å². The van der Waals surface area contributed by atoms with Crippen molar-refractivity contribution < 1.29 is 28.2 Å². The van der Waals surface area contributed by atoms with Gasteiger partial charge in [-0.2, -0.15) is 0 Å². The summed E-state index contributed by atoms with van der Waals surface area (Å²) in [5, 5.41) is 12.1. The van der Waals surface area contributed by atoms with Crippen molar-refractivity contribution in [3.63, 3.8) is 0 Å². The lowest BCUT2D eigenvalue weighted by molar-refractivity contribution is -0.158. The van der Waals surface area contributed by atoms with E-state index in [0.29, 0.717) is 11.7 Å². The summed E-state index contributed by atoms with van der Waals surface area (Å²) in [6, 6.07) is -0.440. The van der Waals surface area contributed by atoms with Crippen LogP contribution in [0.1, 0.15) is 69.2 Å². The molecule has 8 nitrogen and oxygen atoms in total. The molecule has 0 aromatic rings. The molecular formula is C26H52N2O6SSi2. The first-order chi connectivity index (χ1) is 16.5. The van der Waals surface area contributed by atoms with Gasteiger partial charge in [0.1, 0.15) is 29.3 Å². The number of aliphatic hydroxyl groups is 1. The van der Waals surface area contributed by atoms with Crippen LogP contribution in [0.25, 0.3) is 0 Å². The number of hydrogen-bond acceptors (Lipinski definition) is 8. The summed E-state index contributed by atoms with van der Waals surface area (Å²) in [6.45, 7) is 30.0. The van der Waals surface area contributed by atoms with Crippen molar-refractivity contribution >= 4 is 39.7 Å². The van der Waals surface area contributed by atoms with E-state index in [1.165, 1.54) is 16.7 Å². The molecule has 1 saturated heterocycles. The average molecular weight is 577 g/mol. The summed E-state index contributed by atoms with van der Waals surface area (Å²) in [7, 11) is -4.31. The summed E-state index contributed by atoms with van der Waals surface area (Å²) in [5.41, 5.74) is -1.01. The molecule has 0 aliphatic carbocycles. The maximum absolute atomic E-state index is 12.9. The van der Waals surface area contributed by atoms with Crippen LogP contribution in [0, 0.1) is 0 Å². The van der Waals surface area contributed by atoms with Crippen molar-refractivity contribution in [1.29, 1.82) is 0 Å². The quantitative estimate of drug-likeness (QED) is 0.376. The van der Waals surface area contributed by atoms with E-state index in [0.717, 1.165) is 0 Å². The summed E-state index contributed by atoms with van der Waals surface area (Å²) in [5.74, 6) is 0. The van der Waals surface area contributed by atoms with Gasteiger partial charge in [0.2, 0.25) is 0 Å². The fourth-order valence-corrected chi connectivity index (χ4v) is 7.09. The zero-order valence-electron chi connectivity index (χ0n) is 25.6. The maximum Gasteiger partial charge on any atom is 0.416 e. The lowest BCUT2D eigenvalue weighted by Crippen LogP contribution is -2.61. The SMILES string of the molecule is CCN(C(=O)OC(C)(C)C)C1=N[C@@H]2[C@@H](O[Si](C)(C)C(C)(C)C)[C@H](O)[C@@H](CO[Si](C)(C)C(C)(C)C)O[C@@H]2S1. The third kappa shape index (κ3) is 7.82. The van der Waals surface area contributed by atoms with Crippen molar-refractivity contribution in [1.82, 2.24) is 4.90 Å². The first kappa shape index (κ1) is 32.8. The Kier molecular flexibility index (Phi) is 9.93. The van der Waals surface area contributed by atoms with Crippen LogP contribution in [0.5, 0.6) is 0 Å². The first-order valence-electron chi connectivity index (χ1n) is 13.4. The van der Waals surface area contributed by atoms with E-state index in [1.54, 1.807) is 0 Å². The molecule has 2 rings (SSSR count). The molecule has 11 heteroatoms. The number of nitrogens with zero attached hydrogens (tertiary/aromatic N) is 2. The molecule has 0 radical (unpaired) electrons. The Morgan fingerprint density at radius 2 is 1.57 bits per heavy atom. The zero-order chi connectivity index (χ0) is 28.8. The molecule has 1 fully saturated rings. The van der Waals surface area contributed by atoms with E-state index in [9.17, 15) is 9.90 Å². The molecule has 0 spiro atoms. The molecule has 0 unspecified atom stereocenters.